The summed E-state index contributed by atoms with van der Waals surface area (Å²) in [6.45, 7) is 1.89. The Hall–Kier alpha value is -2.82. The highest BCUT2D eigenvalue weighted by Gasteiger charge is 2.12. The van der Waals surface area contributed by atoms with Crippen molar-refractivity contribution in [2.45, 2.75) is 13.5 Å². The van der Waals surface area contributed by atoms with Crippen LogP contribution in [0.15, 0.2) is 42.5 Å². The highest BCUT2D eigenvalue weighted by molar-refractivity contribution is 5.93. The first-order chi connectivity index (χ1) is 9.99. The van der Waals surface area contributed by atoms with Crippen molar-refractivity contribution in [1.82, 2.24) is 0 Å². The fraction of sp³-hybridized carbons (Fsp3) is 0.125. The lowest BCUT2D eigenvalue weighted by Gasteiger charge is -2.09. The molecule has 0 fully saturated rings. The summed E-state index contributed by atoms with van der Waals surface area (Å²) in [5.74, 6) is -0.923. The van der Waals surface area contributed by atoms with Crippen molar-refractivity contribution in [3.05, 3.63) is 64.7 Å². The van der Waals surface area contributed by atoms with Crippen molar-refractivity contribution < 1.29 is 14.3 Å². The van der Waals surface area contributed by atoms with Gasteiger partial charge in [0.25, 0.3) is 0 Å². The molecule has 0 aromatic heterocycles. The van der Waals surface area contributed by atoms with Gasteiger partial charge >= 0.3 is 5.97 Å². The summed E-state index contributed by atoms with van der Waals surface area (Å²) in [6.07, 6.45) is 0. The molecule has 2 aromatic rings. The van der Waals surface area contributed by atoms with E-state index in [1.807, 2.05) is 0 Å². The molecule has 0 aliphatic heterocycles. The van der Waals surface area contributed by atoms with Crippen LogP contribution in [0.25, 0.3) is 0 Å². The molecular weight excluding hydrogens is 268 g/mol. The van der Waals surface area contributed by atoms with Gasteiger partial charge in [-0.3, -0.25) is 4.79 Å². The molecule has 108 valence electrons. The number of carbonyl (C=O) groups is 2. The number of nitrogens with two attached hydrogens (primary N) is 2. The number of hydrogen-bond donors (Lipinski definition) is 2. The van der Waals surface area contributed by atoms with Crippen LogP contribution in [0.4, 0.5) is 5.69 Å². The number of primary amides is 1. The van der Waals surface area contributed by atoms with E-state index in [9.17, 15) is 9.59 Å². The Kier molecular flexibility index (Phi) is 4.23. The molecule has 0 saturated heterocycles. The van der Waals surface area contributed by atoms with Gasteiger partial charge in [-0.1, -0.05) is 18.2 Å². The van der Waals surface area contributed by atoms with E-state index in [0.717, 1.165) is 5.56 Å². The molecule has 0 heterocycles. The highest BCUT2D eigenvalue weighted by atomic mass is 16.5. The third kappa shape index (κ3) is 3.39. The molecule has 0 radical (unpaired) electrons. The zero-order valence-corrected chi connectivity index (χ0v) is 11.6. The molecule has 0 aliphatic rings. The van der Waals surface area contributed by atoms with Gasteiger partial charge < -0.3 is 16.2 Å². The Balaban J connectivity index is 2.04. The number of amides is 1. The van der Waals surface area contributed by atoms with Crippen molar-refractivity contribution >= 4 is 17.6 Å². The minimum absolute atomic E-state index is 0.117. The molecule has 0 aliphatic carbocycles. The van der Waals surface area contributed by atoms with Crippen LogP contribution in [0.1, 0.15) is 31.8 Å². The van der Waals surface area contributed by atoms with Gasteiger partial charge in [0.1, 0.15) is 6.61 Å². The molecule has 0 unspecified atom stereocenters. The monoisotopic (exact) mass is 284 g/mol. The fourth-order valence-corrected chi connectivity index (χ4v) is 1.87. The Morgan fingerprint density at radius 3 is 2.38 bits per heavy atom. The molecule has 2 rings (SSSR count). The minimum Gasteiger partial charge on any atom is -0.457 e. The van der Waals surface area contributed by atoms with E-state index < -0.39 is 11.9 Å². The topological polar surface area (TPSA) is 95.4 Å². The predicted molar refractivity (Wildman–Crippen MR) is 79.7 cm³/mol. The standard InChI is InChI=1S/C16H16N2O3/c1-10-13(3-2-4-14(10)17)16(20)21-9-11-5-7-12(8-6-11)15(18)19/h2-8H,9,17H2,1H3,(H2,18,19). The van der Waals surface area contributed by atoms with E-state index in [4.69, 9.17) is 16.2 Å². The van der Waals surface area contributed by atoms with E-state index in [-0.39, 0.29) is 6.61 Å². The van der Waals surface area contributed by atoms with E-state index in [0.29, 0.717) is 22.4 Å². The lowest BCUT2D eigenvalue weighted by molar-refractivity contribution is 0.0471. The summed E-state index contributed by atoms with van der Waals surface area (Å²) >= 11 is 0. The lowest BCUT2D eigenvalue weighted by atomic mass is 10.1. The normalized spacial score (nSPS) is 10.1. The average Bonchev–Trinajstić information content (AvgIpc) is 2.48. The second-order valence-electron chi connectivity index (χ2n) is 4.66. The van der Waals surface area contributed by atoms with E-state index in [2.05, 4.69) is 0 Å². The molecule has 0 atom stereocenters. The SMILES string of the molecule is Cc1c(N)cccc1C(=O)OCc1ccc(C(N)=O)cc1. The lowest BCUT2D eigenvalue weighted by Crippen LogP contribution is -2.11. The van der Waals surface area contributed by atoms with Crippen LogP contribution in [0, 0.1) is 6.92 Å². The third-order valence-electron chi connectivity index (χ3n) is 3.20. The van der Waals surface area contributed by atoms with Crippen LogP contribution in [0.5, 0.6) is 0 Å². The van der Waals surface area contributed by atoms with Gasteiger partial charge in [-0.25, -0.2) is 4.79 Å². The van der Waals surface area contributed by atoms with E-state index in [1.165, 1.54) is 0 Å². The molecule has 4 N–H and O–H groups in total. The highest BCUT2D eigenvalue weighted by Crippen LogP contribution is 2.17. The van der Waals surface area contributed by atoms with Crippen LogP contribution in [0.2, 0.25) is 0 Å². The molecule has 0 saturated carbocycles. The number of rotatable bonds is 4. The van der Waals surface area contributed by atoms with Crippen molar-refractivity contribution in [3.63, 3.8) is 0 Å². The van der Waals surface area contributed by atoms with Crippen LogP contribution in [-0.2, 0) is 11.3 Å². The van der Waals surface area contributed by atoms with Gasteiger partial charge in [0.05, 0.1) is 5.56 Å². The number of nitrogen functional groups attached to an aromatic ring is 1. The second kappa shape index (κ2) is 6.09. The second-order valence-corrected chi connectivity index (χ2v) is 4.66. The van der Waals surface area contributed by atoms with Gasteiger partial charge in [0.2, 0.25) is 5.91 Å². The first kappa shape index (κ1) is 14.6. The molecule has 0 bridgehead atoms. The molecule has 1 amide bonds. The van der Waals surface area contributed by atoms with Crippen molar-refractivity contribution in [3.8, 4) is 0 Å². The first-order valence-electron chi connectivity index (χ1n) is 6.40. The quantitative estimate of drug-likeness (QED) is 0.663. The van der Waals surface area contributed by atoms with Crippen molar-refractivity contribution in [2.75, 3.05) is 5.73 Å². The van der Waals surface area contributed by atoms with Crippen molar-refractivity contribution in [1.29, 1.82) is 0 Å². The number of esters is 1. The molecule has 2 aromatic carbocycles. The maximum Gasteiger partial charge on any atom is 0.338 e. The first-order valence-corrected chi connectivity index (χ1v) is 6.40. The molecule has 21 heavy (non-hydrogen) atoms. The third-order valence-corrected chi connectivity index (χ3v) is 3.20. The van der Waals surface area contributed by atoms with Crippen LogP contribution in [-0.4, -0.2) is 11.9 Å². The zero-order chi connectivity index (χ0) is 15.4. The van der Waals surface area contributed by atoms with Crippen LogP contribution in [0.3, 0.4) is 0 Å². The molecule has 5 nitrogen and oxygen atoms in total. The fourth-order valence-electron chi connectivity index (χ4n) is 1.87. The summed E-state index contributed by atoms with van der Waals surface area (Å²) in [7, 11) is 0. The van der Waals surface area contributed by atoms with Gasteiger partial charge in [0.15, 0.2) is 0 Å². The summed E-state index contributed by atoms with van der Waals surface area (Å²) in [6, 6.07) is 11.7. The van der Waals surface area contributed by atoms with Crippen molar-refractivity contribution in [2.24, 2.45) is 5.73 Å². The predicted octanol–water partition coefficient (Wildman–Crippen LogP) is 2.03. The van der Waals surface area contributed by atoms with Crippen LogP contribution < -0.4 is 11.5 Å². The molecule has 0 spiro atoms. The Labute approximate surface area is 122 Å². The minimum atomic E-state index is -0.492. The summed E-state index contributed by atoms with van der Waals surface area (Å²) in [4.78, 5) is 23.0. The maximum atomic E-state index is 12.0. The summed E-state index contributed by atoms with van der Waals surface area (Å²) < 4.78 is 5.24. The molecule has 5 heteroatoms. The number of ether oxygens (including phenoxy) is 1. The maximum absolute atomic E-state index is 12.0. The Morgan fingerprint density at radius 1 is 1.10 bits per heavy atom. The average molecular weight is 284 g/mol. The van der Waals surface area contributed by atoms with Gasteiger partial charge in [0, 0.05) is 11.3 Å². The number of carbonyl (C=O) groups excluding carboxylic acids is 2. The molecular formula is C16H16N2O3. The van der Waals surface area contributed by atoms with Gasteiger partial charge in [-0.2, -0.15) is 0 Å². The van der Waals surface area contributed by atoms with Gasteiger partial charge in [-0.15, -0.1) is 0 Å². The largest absolute Gasteiger partial charge is 0.457 e. The number of hydrogen-bond acceptors (Lipinski definition) is 4. The number of benzene rings is 2. The Morgan fingerprint density at radius 2 is 1.76 bits per heavy atom. The summed E-state index contributed by atoms with van der Waals surface area (Å²) in [5.41, 5.74) is 13.8. The smallest absolute Gasteiger partial charge is 0.338 e. The number of anilines is 1. The Bertz CT molecular complexity index is 678. The van der Waals surface area contributed by atoms with E-state index in [1.54, 1.807) is 49.4 Å². The van der Waals surface area contributed by atoms with E-state index >= 15 is 0 Å². The van der Waals surface area contributed by atoms with Crippen LogP contribution >= 0.6 is 0 Å². The van der Waals surface area contributed by atoms with Gasteiger partial charge in [-0.05, 0) is 42.3 Å². The summed E-state index contributed by atoms with van der Waals surface area (Å²) in [5, 5.41) is 0. The zero-order valence-electron chi connectivity index (χ0n) is 11.6.